The van der Waals surface area contributed by atoms with Gasteiger partial charge in [0, 0.05) is 11.6 Å². The third kappa shape index (κ3) is 2.57. The van der Waals surface area contributed by atoms with Crippen LogP contribution in [0, 0.1) is 0 Å². The van der Waals surface area contributed by atoms with E-state index in [0.29, 0.717) is 5.13 Å². The van der Waals surface area contributed by atoms with Crippen molar-refractivity contribution in [3.63, 3.8) is 0 Å². The lowest BCUT2D eigenvalue weighted by atomic mass is 10.3. The highest BCUT2D eigenvalue weighted by Gasteiger charge is 2.12. The second-order valence-corrected chi connectivity index (χ2v) is 4.20. The van der Waals surface area contributed by atoms with Crippen LogP contribution in [0.2, 0.25) is 0 Å². The minimum absolute atomic E-state index is 0.0348. The maximum Gasteiger partial charge on any atom is 0.239 e. The van der Waals surface area contributed by atoms with Gasteiger partial charge in [-0.1, -0.05) is 22.9 Å². The molecule has 1 atom stereocenters. The van der Waals surface area contributed by atoms with Crippen molar-refractivity contribution in [3.05, 3.63) is 11.6 Å². The van der Waals surface area contributed by atoms with E-state index in [4.69, 9.17) is 0 Å². The number of halogens is 1. The van der Waals surface area contributed by atoms with Crippen molar-refractivity contribution >= 4 is 38.3 Å². The van der Waals surface area contributed by atoms with E-state index in [1.165, 1.54) is 11.3 Å². The van der Waals surface area contributed by atoms with Gasteiger partial charge in [-0.05, 0) is 6.42 Å². The number of nitrogens with zero attached hydrogens (tertiary/aromatic N) is 1. The number of nitrogens with one attached hydrogen (secondary N) is 1. The van der Waals surface area contributed by atoms with E-state index >= 15 is 0 Å². The van der Waals surface area contributed by atoms with Crippen molar-refractivity contribution in [2.45, 2.75) is 18.2 Å². The van der Waals surface area contributed by atoms with Crippen molar-refractivity contribution < 1.29 is 4.79 Å². The first-order valence-corrected chi connectivity index (χ1v) is 5.38. The molecule has 0 bridgehead atoms. The molecule has 0 saturated carbocycles. The number of rotatable bonds is 3. The first-order chi connectivity index (χ1) is 5.74. The average Bonchev–Trinajstić information content (AvgIpc) is 2.55. The molecule has 0 saturated heterocycles. The monoisotopic (exact) mass is 248 g/mol. The molecule has 0 aliphatic rings. The summed E-state index contributed by atoms with van der Waals surface area (Å²) in [4.78, 5) is 15.1. The molecule has 0 aliphatic heterocycles. The predicted octanol–water partition coefficient (Wildman–Crippen LogP) is 2.26. The summed E-state index contributed by atoms with van der Waals surface area (Å²) in [6, 6.07) is 0. The highest BCUT2D eigenvalue weighted by molar-refractivity contribution is 9.10. The molecule has 5 heteroatoms. The van der Waals surface area contributed by atoms with Gasteiger partial charge < -0.3 is 5.32 Å². The summed E-state index contributed by atoms with van der Waals surface area (Å²) < 4.78 is 0. The van der Waals surface area contributed by atoms with Crippen molar-refractivity contribution in [3.8, 4) is 0 Å². The molecule has 1 rings (SSSR count). The van der Waals surface area contributed by atoms with Crippen LogP contribution in [0.4, 0.5) is 5.13 Å². The van der Waals surface area contributed by atoms with Gasteiger partial charge in [-0.15, -0.1) is 11.3 Å². The molecule has 1 aromatic rings. The van der Waals surface area contributed by atoms with Gasteiger partial charge in [0.2, 0.25) is 5.91 Å². The minimum atomic E-state index is -0.124. The molecule has 1 aromatic heterocycles. The van der Waals surface area contributed by atoms with Gasteiger partial charge in [0.1, 0.15) is 0 Å². The largest absolute Gasteiger partial charge is 0.301 e. The zero-order chi connectivity index (χ0) is 8.97. The van der Waals surface area contributed by atoms with E-state index in [2.05, 4.69) is 26.2 Å². The van der Waals surface area contributed by atoms with Crippen LogP contribution in [-0.2, 0) is 4.79 Å². The van der Waals surface area contributed by atoms with Gasteiger partial charge in [-0.2, -0.15) is 0 Å². The number of alkyl halides is 1. The van der Waals surface area contributed by atoms with E-state index in [1.54, 1.807) is 6.20 Å². The Kier molecular flexibility index (Phi) is 3.68. The molecule has 3 nitrogen and oxygen atoms in total. The predicted molar refractivity (Wildman–Crippen MR) is 53.7 cm³/mol. The van der Waals surface area contributed by atoms with Crippen LogP contribution in [0.1, 0.15) is 13.3 Å². The molecule has 1 N–H and O–H groups in total. The Morgan fingerprint density at radius 2 is 2.67 bits per heavy atom. The fourth-order valence-electron chi connectivity index (χ4n) is 0.654. The second-order valence-electron chi connectivity index (χ2n) is 2.20. The van der Waals surface area contributed by atoms with Crippen molar-refractivity contribution in [1.29, 1.82) is 0 Å². The summed E-state index contributed by atoms with van der Waals surface area (Å²) in [5, 5.41) is 5.17. The zero-order valence-electron chi connectivity index (χ0n) is 6.58. The summed E-state index contributed by atoms with van der Waals surface area (Å²) in [6.45, 7) is 1.95. The molecule has 0 aromatic carbocycles. The van der Waals surface area contributed by atoms with Gasteiger partial charge in [0.05, 0.1) is 4.83 Å². The van der Waals surface area contributed by atoms with Crippen LogP contribution in [0.25, 0.3) is 0 Å². The molecule has 0 fully saturated rings. The molecule has 1 heterocycles. The maximum absolute atomic E-state index is 11.3. The molecule has 0 aliphatic carbocycles. The molecule has 0 unspecified atom stereocenters. The van der Waals surface area contributed by atoms with Crippen LogP contribution in [0.15, 0.2) is 11.6 Å². The third-order valence-electron chi connectivity index (χ3n) is 1.31. The van der Waals surface area contributed by atoms with Crippen LogP contribution >= 0.6 is 27.3 Å². The highest BCUT2D eigenvalue weighted by Crippen LogP contribution is 2.13. The van der Waals surface area contributed by atoms with E-state index in [-0.39, 0.29) is 10.7 Å². The third-order valence-corrected chi connectivity index (χ3v) is 3.06. The Labute approximate surface area is 83.3 Å². The van der Waals surface area contributed by atoms with E-state index in [9.17, 15) is 4.79 Å². The number of hydrogen-bond donors (Lipinski definition) is 1. The van der Waals surface area contributed by atoms with Crippen molar-refractivity contribution in [2.24, 2.45) is 0 Å². The summed E-state index contributed by atoms with van der Waals surface area (Å²) in [5.41, 5.74) is 0. The summed E-state index contributed by atoms with van der Waals surface area (Å²) in [6.07, 6.45) is 2.44. The molecule has 1 amide bonds. The fraction of sp³-hybridized carbons (Fsp3) is 0.429. The summed E-state index contributed by atoms with van der Waals surface area (Å²) in [5.74, 6) is -0.0348. The Morgan fingerprint density at radius 1 is 1.92 bits per heavy atom. The fourth-order valence-corrected chi connectivity index (χ4v) is 1.30. The quantitative estimate of drug-likeness (QED) is 0.835. The van der Waals surface area contributed by atoms with Crippen LogP contribution in [0.3, 0.4) is 0 Å². The first kappa shape index (κ1) is 9.67. The number of amides is 1. The van der Waals surface area contributed by atoms with E-state index in [1.807, 2.05) is 12.3 Å². The summed E-state index contributed by atoms with van der Waals surface area (Å²) in [7, 11) is 0. The lowest BCUT2D eigenvalue weighted by molar-refractivity contribution is -0.115. The highest BCUT2D eigenvalue weighted by atomic mass is 79.9. The Bertz CT molecular complexity index is 250. The van der Waals surface area contributed by atoms with E-state index in [0.717, 1.165) is 6.42 Å². The Balaban J connectivity index is 2.47. The zero-order valence-corrected chi connectivity index (χ0v) is 8.98. The molecule has 0 spiro atoms. The van der Waals surface area contributed by atoms with Gasteiger partial charge >= 0.3 is 0 Å². The first-order valence-electron chi connectivity index (χ1n) is 3.58. The van der Waals surface area contributed by atoms with Crippen LogP contribution in [0.5, 0.6) is 0 Å². The standard InChI is InChI=1S/C7H9BrN2OS/c1-2-5(8)6(11)10-7-9-3-4-12-7/h3-5H,2H2,1H3,(H,9,10,11)/t5-/m0/s1. The lowest BCUT2D eigenvalue weighted by Crippen LogP contribution is -2.21. The smallest absolute Gasteiger partial charge is 0.239 e. The maximum atomic E-state index is 11.3. The number of carbonyl (C=O) groups excluding carboxylic acids is 1. The Hall–Kier alpha value is -0.420. The molecular formula is C7H9BrN2OS. The Morgan fingerprint density at radius 3 is 3.17 bits per heavy atom. The number of anilines is 1. The molecule has 66 valence electrons. The number of carbonyl (C=O) groups is 1. The van der Waals surface area contributed by atoms with Crippen LogP contribution in [-0.4, -0.2) is 15.7 Å². The number of aromatic nitrogens is 1. The molecular weight excluding hydrogens is 240 g/mol. The SMILES string of the molecule is CC[C@H](Br)C(=O)Nc1nccs1. The number of hydrogen-bond acceptors (Lipinski definition) is 3. The lowest BCUT2D eigenvalue weighted by Gasteiger charge is -2.04. The van der Waals surface area contributed by atoms with Gasteiger partial charge in [0.15, 0.2) is 5.13 Å². The summed E-state index contributed by atoms with van der Waals surface area (Å²) >= 11 is 4.67. The minimum Gasteiger partial charge on any atom is -0.301 e. The van der Waals surface area contributed by atoms with Crippen molar-refractivity contribution in [2.75, 3.05) is 5.32 Å². The number of thiazole rings is 1. The molecule has 12 heavy (non-hydrogen) atoms. The van der Waals surface area contributed by atoms with Crippen molar-refractivity contribution in [1.82, 2.24) is 4.98 Å². The van der Waals surface area contributed by atoms with Gasteiger partial charge in [-0.3, -0.25) is 4.79 Å². The topological polar surface area (TPSA) is 42.0 Å². The van der Waals surface area contributed by atoms with Crippen LogP contribution < -0.4 is 5.32 Å². The van der Waals surface area contributed by atoms with E-state index < -0.39 is 0 Å². The molecule has 0 radical (unpaired) electrons. The normalized spacial score (nSPS) is 12.5. The van der Waals surface area contributed by atoms with Gasteiger partial charge in [0.25, 0.3) is 0 Å². The average molecular weight is 249 g/mol. The van der Waals surface area contributed by atoms with Gasteiger partial charge in [-0.25, -0.2) is 4.98 Å². The second kappa shape index (κ2) is 4.57.